The second kappa shape index (κ2) is 8.95. The Labute approximate surface area is 164 Å². The van der Waals surface area contributed by atoms with Gasteiger partial charge in [-0.3, -0.25) is 20.4 Å². The third-order valence-corrected chi connectivity index (χ3v) is 5.26. The number of rotatable bonds is 6. The molecule has 2 amide bonds. The van der Waals surface area contributed by atoms with Crippen molar-refractivity contribution >= 4 is 21.7 Å². The third-order valence-electron chi connectivity index (χ3n) is 3.76. The molecular weight excluding hydrogens is 413 g/mol. The maximum absolute atomic E-state index is 12.5. The van der Waals surface area contributed by atoms with Crippen molar-refractivity contribution in [1.82, 2.24) is 10.9 Å². The van der Waals surface area contributed by atoms with Crippen molar-refractivity contribution < 1.29 is 35.9 Å². The summed E-state index contributed by atoms with van der Waals surface area (Å²) >= 11 is 0. The Morgan fingerprint density at radius 3 is 2.21 bits per heavy atom. The Morgan fingerprint density at radius 1 is 1.00 bits per heavy atom. The Hall–Kier alpha value is -3.08. The van der Waals surface area contributed by atoms with Gasteiger partial charge >= 0.3 is 5.51 Å². The molecule has 0 atom stereocenters. The number of hydrogen-bond acceptors (Lipinski definition) is 5. The van der Waals surface area contributed by atoms with Crippen LogP contribution in [-0.2, 0) is 21.1 Å². The standard InChI is InChI=1S/C18H17F3N2O5S/c1-2-12-5-3-4-6-15(12)28-11-16(24)22-23-17(25)13-7-9-14(10-8-13)29(26,27)18(19,20)21/h3-10H,2,11H2,1H3,(H,22,24)(H,23,25). The molecule has 11 heteroatoms. The van der Waals surface area contributed by atoms with Gasteiger partial charge in [0.2, 0.25) is 0 Å². The fourth-order valence-electron chi connectivity index (χ4n) is 2.23. The number of nitrogens with one attached hydrogen (secondary N) is 2. The van der Waals surface area contributed by atoms with Crippen molar-refractivity contribution in [2.75, 3.05) is 6.61 Å². The Morgan fingerprint density at radius 2 is 1.62 bits per heavy atom. The number of para-hydroxylation sites is 1. The van der Waals surface area contributed by atoms with Gasteiger partial charge in [-0.25, -0.2) is 8.42 Å². The lowest BCUT2D eigenvalue weighted by molar-refractivity contribution is -0.123. The average molecular weight is 430 g/mol. The van der Waals surface area contributed by atoms with E-state index in [0.29, 0.717) is 24.3 Å². The minimum atomic E-state index is -5.50. The number of sulfone groups is 1. The number of amides is 2. The fraction of sp³-hybridized carbons (Fsp3) is 0.222. The summed E-state index contributed by atoms with van der Waals surface area (Å²) in [6, 6.07) is 10.2. The molecule has 0 aromatic heterocycles. The van der Waals surface area contributed by atoms with Crippen LogP contribution in [0.15, 0.2) is 53.4 Å². The fourth-order valence-corrected chi connectivity index (χ4v) is 3.00. The summed E-state index contributed by atoms with van der Waals surface area (Å²) in [4.78, 5) is 22.7. The van der Waals surface area contributed by atoms with Crippen LogP contribution in [0.4, 0.5) is 13.2 Å². The van der Waals surface area contributed by atoms with Crippen LogP contribution >= 0.6 is 0 Å². The van der Waals surface area contributed by atoms with Crippen LogP contribution in [0.2, 0.25) is 0 Å². The van der Waals surface area contributed by atoms with Crippen LogP contribution < -0.4 is 15.6 Å². The quantitative estimate of drug-likeness (QED) is 0.686. The zero-order valence-corrected chi connectivity index (χ0v) is 15.9. The Balaban J connectivity index is 1.91. The van der Waals surface area contributed by atoms with E-state index in [1.54, 1.807) is 12.1 Å². The lowest BCUT2D eigenvalue weighted by Crippen LogP contribution is -2.43. The summed E-state index contributed by atoms with van der Waals surface area (Å²) in [5.41, 5.74) is -0.534. The molecule has 0 saturated carbocycles. The van der Waals surface area contributed by atoms with E-state index in [-0.39, 0.29) is 12.2 Å². The van der Waals surface area contributed by atoms with Crippen molar-refractivity contribution in [3.63, 3.8) is 0 Å². The maximum Gasteiger partial charge on any atom is 0.501 e. The van der Waals surface area contributed by atoms with Crippen molar-refractivity contribution in [1.29, 1.82) is 0 Å². The maximum atomic E-state index is 12.5. The molecule has 2 rings (SSSR count). The van der Waals surface area contributed by atoms with E-state index >= 15 is 0 Å². The number of aryl methyl sites for hydroxylation is 1. The van der Waals surface area contributed by atoms with E-state index in [4.69, 9.17) is 4.74 Å². The predicted molar refractivity (Wildman–Crippen MR) is 96.6 cm³/mol. The molecule has 7 nitrogen and oxygen atoms in total. The zero-order chi connectivity index (χ0) is 21.7. The van der Waals surface area contributed by atoms with Crippen LogP contribution in [0.3, 0.4) is 0 Å². The first-order chi connectivity index (χ1) is 13.6. The summed E-state index contributed by atoms with van der Waals surface area (Å²) in [7, 11) is -5.50. The number of ether oxygens (including phenoxy) is 1. The molecular formula is C18H17F3N2O5S. The number of halogens is 3. The summed E-state index contributed by atoms with van der Waals surface area (Å²) in [5.74, 6) is -0.985. The molecule has 0 unspecified atom stereocenters. The summed E-state index contributed by atoms with van der Waals surface area (Å²) in [5, 5.41) is 0. The molecule has 0 spiro atoms. The summed E-state index contributed by atoms with van der Waals surface area (Å²) < 4.78 is 65.5. The number of hydrazine groups is 1. The minimum absolute atomic E-state index is 0.149. The van der Waals surface area contributed by atoms with Gasteiger partial charge in [-0.15, -0.1) is 0 Å². The average Bonchev–Trinajstić information content (AvgIpc) is 2.69. The molecule has 0 aliphatic rings. The molecule has 0 heterocycles. The van der Waals surface area contributed by atoms with Gasteiger partial charge in [0, 0.05) is 5.56 Å². The highest BCUT2D eigenvalue weighted by Gasteiger charge is 2.46. The molecule has 0 fully saturated rings. The van der Waals surface area contributed by atoms with E-state index in [9.17, 15) is 31.2 Å². The van der Waals surface area contributed by atoms with Crippen LogP contribution in [0.25, 0.3) is 0 Å². The third kappa shape index (κ3) is 5.47. The highest BCUT2D eigenvalue weighted by Crippen LogP contribution is 2.30. The monoisotopic (exact) mass is 430 g/mol. The van der Waals surface area contributed by atoms with Gasteiger partial charge in [-0.2, -0.15) is 13.2 Å². The summed E-state index contributed by atoms with van der Waals surface area (Å²) in [6.07, 6.45) is 0.703. The van der Waals surface area contributed by atoms with E-state index in [0.717, 1.165) is 17.7 Å². The highest BCUT2D eigenvalue weighted by molar-refractivity contribution is 7.92. The smallest absolute Gasteiger partial charge is 0.483 e. The highest BCUT2D eigenvalue weighted by atomic mass is 32.2. The molecule has 2 N–H and O–H groups in total. The van der Waals surface area contributed by atoms with E-state index in [1.165, 1.54) is 0 Å². The van der Waals surface area contributed by atoms with Crippen LogP contribution in [0, 0.1) is 0 Å². The molecule has 0 saturated heterocycles. The number of carbonyl (C=O) groups is 2. The topological polar surface area (TPSA) is 102 Å². The first kappa shape index (κ1) is 22.2. The van der Waals surface area contributed by atoms with Crippen LogP contribution in [-0.4, -0.2) is 32.3 Å². The van der Waals surface area contributed by atoms with Gasteiger partial charge < -0.3 is 4.74 Å². The SMILES string of the molecule is CCc1ccccc1OCC(=O)NNC(=O)c1ccc(S(=O)(=O)C(F)(F)F)cc1. The Bertz CT molecular complexity index is 989. The van der Waals surface area contributed by atoms with Gasteiger partial charge in [-0.05, 0) is 42.3 Å². The number of alkyl halides is 3. The molecule has 29 heavy (non-hydrogen) atoms. The normalized spacial score (nSPS) is 11.6. The molecule has 0 aliphatic heterocycles. The van der Waals surface area contributed by atoms with E-state index in [1.807, 2.05) is 19.1 Å². The number of carbonyl (C=O) groups excluding carboxylic acids is 2. The minimum Gasteiger partial charge on any atom is -0.483 e. The molecule has 0 radical (unpaired) electrons. The van der Waals surface area contributed by atoms with Crippen molar-refractivity contribution in [2.24, 2.45) is 0 Å². The largest absolute Gasteiger partial charge is 0.501 e. The molecule has 156 valence electrons. The second-order valence-electron chi connectivity index (χ2n) is 5.73. The lowest BCUT2D eigenvalue weighted by Gasteiger charge is -2.11. The van der Waals surface area contributed by atoms with E-state index < -0.39 is 32.1 Å². The zero-order valence-electron chi connectivity index (χ0n) is 15.1. The van der Waals surface area contributed by atoms with E-state index in [2.05, 4.69) is 10.9 Å². The molecule has 2 aromatic rings. The van der Waals surface area contributed by atoms with Gasteiger partial charge in [-0.1, -0.05) is 25.1 Å². The van der Waals surface area contributed by atoms with Gasteiger partial charge in [0.1, 0.15) is 5.75 Å². The predicted octanol–water partition coefficient (Wildman–Crippen LogP) is 2.38. The summed E-state index contributed by atoms with van der Waals surface area (Å²) in [6.45, 7) is 1.55. The van der Waals surface area contributed by atoms with Crippen molar-refractivity contribution in [3.05, 3.63) is 59.7 Å². The lowest BCUT2D eigenvalue weighted by atomic mass is 10.1. The van der Waals surface area contributed by atoms with Crippen LogP contribution in [0.5, 0.6) is 5.75 Å². The van der Waals surface area contributed by atoms with Crippen LogP contribution in [0.1, 0.15) is 22.8 Å². The number of hydrogen-bond donors (Lipinski definition) is 2. The van der Waals surface area contributed by atoms with Crippen molar-refractivity contribution in [2.45, 2.75) is 23.7 Å². The Kier molecular flexibility index (Phi) is 6.85. The number of benzene rings is 2. The van der Waals surface area contributed by atoms with Gasteiger partial charge in [0.05, 0.1) is 4.90 Å². The molecule has 0 aliphatic carbocycles. The molecule has 2 aromatic carbocycles. The van der Waals surface area contributed by atoms with Gasteiger partial charge in [0.15, 0.2) is 6.61 Å². The van der Waals surface area contributed by atoms with Crippen molar-refractivity contribution in [3.8, 4) is 5.75 Å². The molecule has 0 bridgehead atoms. The first-order valence-electron chi connectivity index (χ1n) is 8.27. The first-order valence-corrected chi connectivity index (χ1v) is 9.76. The second-order valence-corrected chi connectivity index (χ2v) is 7.67. The van der Waals surface area contributed by atoms with Gasteiger partial charge in [0.25, 0.3) is 21.7 Å².